The molecule has 0 amide bonds. The monoisotopic (exact) mass is 336 g/mol. The maximum atomic E-state index is 2.67. The molecule has 126 valence electrons. The molecule has 2 aromatic rings. The summed E-state index contributed by atoms with van der Waals surface area (Å²) in [5.74, 6) is 0.803. The lowest BCUT2D eigenvalue weighted by Gasteiger charge is -2.26. The van der Waals surface area contributed by atoms with Crippen molar-refractivity contribution in [3.05, 3.63) is 72.1 Å². The van der Waals surface area contributed by atoms with Crippen LogP contribution in [0.1, 0.15) is 51.9 Å². The third-order valence-corrected chi connectivity index (χ3v) is 7.48. The van der Waals surface area contributed by atoms with E-state index in [1.54, 1.807) is 5.31 Å². The highest BCUT2D eigenvalue weighted by atomic mass is 31.1. The normalized spacial score (nSPS) is 16.5. The van der Waals surface area contributed by atoms with Crippen LogP contribution in [-0.2, 0) is 0 Å². The molecule has 0 heterocycles. The van der Waals surface area contributed by atoms with Crippen LogP contribution in [0.5, 0.6) is 0 Å². The summed E-state index contributed by atoms with van der Waals surface area (Å²) in [6.45, 7) is 2.32. The highest BCUT2D eigenvalue weighted by Crippen LogP contribution is 2.46. The van der Waals surface area contributed by atoms with Gasteiger partial charge in [0, 0.05) is 0 Å². The minimum Gasteiger partial charge on any atom is -0.0771 e. The van der Waals surface area contributed by atoms with Gasteiger partial charge in [-0.15, -0.1) is 0 Å². The van der Waals surface area contributed by atoms with Gasteiger partial charge in [0.25, 0.3) is 0 Å². The van der Waals surface area contributed by atoms with Gasteiger partial charge in [0.15, 0.2) is 0 Å². The Morgan fingerprint density at radius 1 is 0.875 bits per heavy atom. The van der Waals surface area contributed by atoms with E-state index < -0.39 is 0 Å². The van der Waals surface area contributed by atoms with Crippen molar-refractivity contribution in [2.45, 2.75) is 51.9 Å². The molecule has 0 N–H and O–H groups in total. The smallest absolute Gasteiger partial charge is 0.0154 e. The van der Waals surface area contributed by atoms with Crippen molar-refractivity contribution in [3.63, 3.8) is 0 Å². The largest absolute Gasteiger partial charge is 0.0771 e. The summed E-state index contributed by atoms with van der Waals surface area (Å²) in [6.07, 6.45) is 12.2. The van der Waals surface area contributed by atoms with Gasteiger partial charge in [-0.25, -0.2) is 0 Å². The number of hydrogen-bond acceptors (Lipinski definition) is 0. The number of hydrogen-bond donors (Lipinski definition) is 0. The molecule has 0 bridgehead atoms. The van der Waals surface area contributed by atoms with E-state index in [9.17, 15) is 0 Å². The first-order valence-corrected chi connectivity index (χ1v) is 10.8. The van der Waals surface area contributed by atoms with Gasteiger partial charge in [-0.1, -0.05) is 99.3 Å². The Bertz CT molecular complexity index is 584. The van der Waals surface area contributed by atoms with E-state index in [4.69, 9.17) is 0 Å². The zero-order valence-corrected chi connectivity index (χ0v) is 15.7. The van der Waals surface area contributed by atoms with Gasteiger partial charge >= 0.3 is 0 Å². The minimum absolute atomic E-state index is 0.384. The van der Waals surface area contributed by atoms with Gasteiger partial charge in [-0.05, 0) is 49.0 Å². The molecular formula is C23H29P. The molecule has 0 aromatic heterocycles. The Morgan fingerprint density at radius 3 is 1.92 bits per heavy atom. The summed E-state index contributed by atoms with van der Waals surface area (Å²) in [6, 6.07) is 22.3. The summed E-state index contributed by atoms with van der Waals surface area (Å²) in [5, 5.41) is 4.68. The van der Waals surface area contributed by atoms with Crippen LogP contribution in [-0.4, -0.2) is 0 Å². The molecule has 0 atom stereocenters. The molecule has 1 heteroatoms. The summed E-state index contributed by atoms with van der Waals surface area (Å²) < 4.78 is 0. The fraction of sp³-hybridized carbons (Fsp3) is 0.391. The molecular weight excluding hydrogens is 307 g/mol. The highest BCUT2D eigenvalue weighted by Gasteiger charge is 2.20. The molecule has 0 aliphatic heterocycles. The molecule has 1 saturated carbocycles. The van der Waals surface area contributed by atoms with Gasteiger partial charge < -0.3 is 0 Å². The molecule has 1 fully saturated rings. The van der Waals surface area contributed by atoms with Gasteiger partial charge in [-0.2, -0.15) is 0 Å². The second-order valence-corrected chi connectivity index (χ2v) is 9.09. The molecule has 0 radical (unpaired) electrons. The van der Waals surface area contributed by atoms with Gasteiger partial charge in [0.05, 0.1) is 0 Å². The molecule has 0 nitrogen and oxygen atoms in total. The molecule has 0 unspecified atom stereocenters. The zero-order valence-electron chi connectivity index (χ0n) is 14.8. The predicted octanol–water partition coefficient (Wildman–Crippen LogP) is 6.38. The lowest BCUT2D eigenvalue weighted by molar-refractivity contribution is 0.418. The maximum Gasteiger partial charge on any atom is -0.0154 e. The first-order valence-electron chi connectivity index (χ1n) is 9.49. The van der Waals surface area contributed by atoms with Gasteiger partial charge in [-0.3, -0.25) is 0 Å². The molecule has 0 spiro atoms. The lowest BCUT2D eigenvalue weighted by Crippen LogP contribution is -2.14. The molecule has 1 aliphatic carbocycles. The maximum absolute atomic E-state index is 2.67. The van der Waals surface area contributed by atoms with Crippen molar-refractivity contribution >= 4 is 18.5 Å². The summed E-state index contributed by atoms with van der Waals surface area (Å²) in [4.78, 5) is 0. The Labute approximate surface area is 148 Å². The van der Waals surface area contributed by atoms with E-state index in [0.29, 0.717) is 0 Å². The second-order valence-electron chi connectivity index (χ2n) is 6.81. The van der Waals surface area contributed by atoms with Crippen molar-refractivity contribution in [1.29, 1.82) is 0 Å². The van der Waals surface area contributed by atoms with Crippen molar-refractivity contribution < 1.29 is 0 Å². The SMILES string of the molecule is CCCC(=CC1CCCCC1)P(c1ccccc1)c1ccccc1. The van der Waals surface area contributed by atoms with Gasteiger partial charge in [0.2, 0.25) is 0 Å². The average molecular weight is 336 g/mol. The molecule has 3 rings (SSSR count). The van der Waals surface area contributed by atoms with Crippen LogP contribution in [0.25, 0.3) is 0 Å². The van der Waals surface area contributed by atoms with Gasteiger partial charge in [0.1, 0.15) is 0 Å². The number of benzene rings is 2. The van der Waals surface area contributed by atoms with E-state index >= 15 is 0 Å². The van der Waals surface area contributed by atoms with Crippen molar-refractivity contribution in [1.82, 2.24) is 0 Å². The molecule has 1 aliphatic rings. The minimum atomic E-state index is -0.384. The predicted molar refractivity (Wildman–Crippen MR) is 109 cm³/mol. The average Bonchev–Trinajstić information content (AvgIpc) is 2.65. The molecule has 0 saturated heterocycles. The third-order valence-electron chi connectivity index (χ3n) is 4.90. The van der Waals surface area contributed by atoms with Crippen LogP contribution in [0.15, 0.2) is 72.1 Å². The molecule has 2 aromatic carbocycles. The van der Waals surface area contributed by atoms with Crippen LogP contribution in [0.4, 0.5) is 0 Å². The summed E-state index contributed by atoms with van der Waals surface area (Å²) >= 11 is 0. The van der Waals surface area contributed by atoms with E-state index in [1.165, 1.54) is 55.6 Å². The Kier molecular flexibility index (Phi) is 6.67. The molecule has 24 heavy (non-hydrogen) atoms. The topological polar surface area (TPSA) is 0 Å². The first kappa shape index (κ1) is 17.4. The summed E-state index contributed by atoms with van der Waals surface area (Å²) in [7, 11) is -0.384. The quantitative estimate of drug-likeness (QED) is 0.537. The van der Waals surface area contributed by atoms with Crippen LogP contribution in [0.3, 0.4) is 0 Å². The number of rotatable bonds is 6. The van der Waals surface area contributed by atoms with Crippen LogP contribution in [0.2, 0.25) is 0 Å². The Morgan fingerprint density at radius 2 is 1.42 bits per heavy atom. The highest BCUT2D eigenvalue weighted by molar-refractivity contribution is 7.76. The van der Waals surface area contributed by atoms with Crippen molar-refractivity contribution in [2.75, 3.05) is 0 Å². The first-order chi connectivity index (χ1) is 11.9. The zero-order chi connectivity index (χ0) is 16.6. The fourth-order valence-corrected chi connectivity index (χ4v) is 6.44. The number of allylic oxidation sites excluding steroid dienone is 2. The van der Waals surface area contributed by atoms with Crippen LogP contribution >= 0.6 is 7.92 Å². The Hall–Kier alpha value is -1.39. The van der Waals surface area contributed by atoms with Crippen molar-refractivity contribution in [3.8, 4) is 0 Å². The Balaban J connectivity index is 1.99. The fourth-order valence-electron chi connectivity index (χ4n) is 3.73. The van der Waals surface area contributed by atoms with E-state index in [-0.39, 0.29) is 7.92 Å². The summed E-state index contributed by atoms with van der Waals surface area (Å²) in [5.41, 5.74) is 0. The van der Waals surface area contributed by atoms with Crippen molar-refractivity contribution in [2.24, 2.45) is 5.92 Å². The standard InChI is InChI=1S/C23H29P/c1-2-12-23(19-20-13-6-3-7-14-20)24(21-15-8-4-9-16-21)22-17-10-5-11-18-22/h4-5,8-11,15-20H,2-3,6-7,12-14H2,1H3. The van der Waals surface area contributed by atoms with Crippen LogP contribution in [0, 0.1) is 5.92 Å². The van der Waals surface area contributed by atoms with E-state index in [0.717, 1.165) is 5.92 Å². The third kappa shape index (κ3) is 4.58. The van der Waals surface area contributed by atoms with Crippen LogP contribution < -0.4 is 10.6 Å². The van der Waals surface area contributed by atoms with E-state index in [1.807, 2.05) is 0 Å². The lowest BCUT2D eigenvalue weighted by atomic mass is 9.89. The second kappa shape index (κ2) is 9.19. The van der Waals surface area contributed by atoms with E-state index in [2.05, 4.69) is 73.7 Å².